The highest BCUT2D eigenvalue weighted by Crippen LogP contribution is 2.19. The van der Waals surface area contributed by atoms with Crippen LogP contribution in [0, 0.1) is 13.8 Å². The molecule has 96 valence electrons. The number of rotatable bonds is 5. The number of anilines is 1. The number of carbonyl (C=O) groups is 1. The normalized spacial score (nSPS) is 9.89. The quantitative estimate of drug-likeness (QED) is 0.639. The summed E-state index contributed by atoms with van der Waals surface area (Å²) in [6, 6.07) is 3.68. The topological polar surface area (TPSA) is 46.3 Å². The Hall–Kier alpha value is -2.03. The van der Waals surface area contributed by atoms with Crippen LogP contribution in [0.5, 0.6) is 0 Å². The second kappa shape index (κ2) is 6.05. The lowest BCUT2D eigenvalue weighted by Gasteiger charge is -2.21. The van der Waals surface area contributed by atoms with Gasteiger partial charge in [-0.05, 0) is 31.0 Å². The molecule has 1 rings (SSSR count). The van der Waals surface area contributed by atoms with E-state index in [1.54, 1.807) is 23.1 Å². The third kappa shape index (κ3) is 3.00. The summed E-state index contributed by atoms with van der Waals surface area (Å²) in [4.78, 5) is 14.1. The van der Waals surface area contributed by atoms with Crippen LogP contribution in [0.2, 0.25) is 0 Å². The maximum absolute atomic E-state index is 12.4. The Bertz CT molecular complexity index is 468. The second-order valence-electron chi connectivity index (χ2n) is 4.31. The van der Waals surface area contributed by atoms with E-state index in [0.29, 0.717) is 24.3 Å². The Labute approximate surface area is 109 Å². The third-order valence-electron chi connectivity index (χ3n) is 2.83. The minimum Gasteiger partial charge on any atom is -0.398 e. The third-order valence-corrected chi connectivity index (χ3v) is 2.83. The molecule has 0 aliphatic carbocycles. The number of hydrogen-bond acceptors (Lipinski definition) is 2. The van der Waals surface area contributed by atoms with Crippen molar-refractivity contribution in [3.8, 4) is 0 Å². The molecule has 0 saturated heterocycles. The molecule has 0 unspecified atom stereocenters. The van der Waals surface area contributed by atoms with E-state index in [0.717, 1.165) is 11.1 Å². The predicted octanol–water partition coefficient (Wildman–Crippen LogP) is 2.70. The van der Waals surface area contributed by atoms with Crippen molar-refractivity contribution in [2.24, 2.45) is 0 Å². The molecule has 3 heteroatoms. The number of nitrogens with zero attached hydrogens (tertiary/aromatic N) is 1. The molecule has 1 amide bonds. The lowest BCUT2D eigenvalue weighted by atomic mass is 10.0. The molecule has 0 aromatic heterocycles. The Kier molecular flexibility index (Phi) is 4.72. The van der Waals surface area contributed by atoms with Gasteiger partial charge in [0.05, 0.1) is 0 Å². The van der Waals surface area contributed by atoms with Gasteiger partial charge in [0, 0.05) is 24.3 Å². The van der Waals surface area contributed by atoms with Crippen LogP contribution in [0.1, 0.15) is 21.5 Å². The first-order valence-electron chi connectivity index (χ1n) is 5.89. The highest BCUT2D eigenvalue weighted by molar-refractivity contribution is 5.97. The largest absolute Gasteiger partial charge is 0.398 e. The molecular weight excluding hydrogens is 224 g/mol. The number of nitrogen functional groups attached to an aromatic ring is 1. The Balaban J connectivity index is 3.11. The van der Waals surface area contributed by atoms with Crippen LogP contribution in [0.15, 0.2) is 37.4 Å². The molecule has 2 N–H and O–H groups in total. The van der Waals surface area contributed by atoms with Crippen molar-refractivity contribution < 1.29 is 4.79 Å². The van der Waals surface area contributed by atoms with Crippen LogP contribution >= 0.6 is 0 Å². The Morgan fingerprint density at radius 2 is 1.78 bits per heavy atom. The first kappa shape index (κ1) is 14.0. The monoisotopic (exact) mass is 244 g/mol. The fourth-order valence-electron chi connectivity index (χ4n) is 1.82. The Morgan fingerprint density at radius 1 is 1.22 bits per heavy atom. The van der Waals surface area contributed by atoms with Crippen molar-refractivity contribution in [3.05, 3.63) is 54.1 Å². The zero-order valence-corrected chi connectivity index (χ0v) is 11.1. The number of nitrogens with two attached hydrogens (primary N) is 1. The van der Waals surface area contributed by atoms with E-state index in [1.165, 1.54) is 0 Å². The molecule has 0 spiro atoms. The van der Waals surface area contributed by atoms with Gasteiger partial charge in [-0.1, -0.05) is 18.2 Å². The minimum absolute atomic E-state index is 0.0426. The zero-order chi connectivity index (χ0) is 13.7. The van der Waals surface area contributed by atoms with Crippen LogP contribution in [0.25, 0.3) is 0 Å². The average Bonchev–Trinajstić information content (AvgIpc) is 2.33. The first-order valence-corrected chi connectivity index (χ1v) is 5.89. The van der Waals surface area contributed by atoms with Gasteiger partial charge in [0.1, 0.15) is 0 Å². The molecule has 0 atom stereocenters. The van der Waals surface area contributed by atoms with Gasteiger partial charge in [0.2, 0.25) is 0 Å². The molecule has 3 nitrogen and oxygen atoms in total. The molecule has 0 fully saturated rings. The van der Waals surface area contributed by atoms with E-state index < -0.39 is 0 Å². The van der Waals surface area contributed by atoms with Gasteiger partial charge in [-0.2, -0.15) is 0 Å². The molecule has 0 aliphatic rings. The standard InChI is InChI=1S/C15H20N2O/c1-5-7-17(8-6-2)15(18)13-10-14(16)12(4)9-11(13)3/h5-6,9-10H,1-2,7-8,16H2,3-4H3. The summed E-state index contributed by atoms with van der Waals surface area (Å²) < 4.78 is 0. The first-order chi connectivity index (χ1) is 8.51. The molecule has 1 aromatic rings. The fourth-order valence-corrected chi connectivity index (χ4v) is 1.82. The number of carbonyl (C=O) groups excluding carboxylic acids is 1. The van der Waals surface area contributed by atoms with Crippen molar-refractivity contribution in [2.45, 2.75) is 13.8 Å². The maximum Gasteiger partial charge on any atom is 0.254 e. The van der Waals surface area contributed by atoms with E-state index in [4.69, 9.17) is 5.73 Å². The molecular formula is C15H20N2O. The number of amides is 1. The van der Waals surface area contributed by atoms with Gasteiger partial charge >= 0.3 is 0 Å². The van der Waals surface area contributed by atoms with Crippen LogP contribution < -0.4 is 5.73 Å². The van der Waals surface area contributed by atoms with E-state index in [1.807, 2.05) is 19.9 Å². The van der Waals surface area contributed by atoms with E-state index in [2.05, 4.69) is 13.2 Å². The van der Waals surface area contributed by atoms with Gasteiger partial charge in [0.15, 0.2) is 0 Å². The summed E-state index contributed by atoms with van der Waals surface area (Å²) in [5.74, 6) is -0.0426. The molecule has 0 heterocycles. The summed E-state index contributed by atoms with van der Waals surface area (Å²) in [5.41, 5.74) is 9.07. The van der Waals surface area contributed by atoms with Crippen LogP contribution in [0.4, 0.5) is 5.69 Å². The predicted molar refractivity (Wildman–Crippen MR) is 76.6 cm³/mol. The van der Waals surface area contributed by atoms with Gasteiger partial charge in [-0.3, -0.25) is 4.79 Å². The Morgan fingerprint density at radius 3 is 2.28 bits per heavy atom. The van der Waals surface area contributed by atoms with Gasteiger partial charge in [0.25, 0.3) is 5.91 Å². The molecule has 0 bridgehead atoms. The number of aryl methyl sites for hydroxylation is 2. The van der Waals surface area contributed by atoms with E-state index in [-0.39, 0.29) is 5.91 Å². The fraction of sp³-hybridized carbons (Fsp3) is 0.267. The van der Waals surface area contributed by atoms with Gasteiger partial charge in [-0.15, -0.1) is 13.2 Å². The second-order valence-corrected chi connectivity index (χ2v) is 4.31. The smallest absolute Gasteiger partial charge is 0.254 e. The lowest BCUT2D eigenvalue weighted by Crippen LogP contribution is -2.31. The number of hydrogen-bond donors (Lipinski definition) is 1. The van der Waals surface area contributed by atoms with Crippen molar-refractivity contribution in [2.75, 3.05) is 18.8 Å². The van der Waals surface area contributed by atoms with Crippen LogP contribution in [-0.4, -0.2) is 23.9 Å². The zero-order valence-electron chi connectivity index (χ0n) is 11.1. The summed E-state index contributed by atoms with van der Waals surface area (Å²) in [5, 5.41) is 0. The molecule has 18 heavy (non-hydrogen) atoms. The van der Waals surface area contributed by atoms with Crippen LogP contribution in [0.3, 0.4) is 0 Å². The summed E-state index contributed by atoms with van der Waals surface area (Å²) in [6.07, 6.45) is 3.41. The number of benzene rings is 1. The maximum atomic E-state index is 12.4. The summed E-state index contributed by atoms with van der Waals surface area (Å²) >= 11 is 0. The molecule has 0 aliphatic heterocycles. The summed E-state index contributed by atoms with van der Waals surface area (Å²) in [7, 11) is 0. The lowest BCUT2D eigenvalue weighted by molar-refractivity contribution is 0.0790. The van der Waals surface area contributed by atoms with Crippen molar-refractivity contribution in [3.63, 3.8) is 0 Å². The van der Waals surface area contributed by atoms with Gasteiger partial charge in [-0.25, -0.2) is 0 Å². The average molecular weight is 244 g/mol. The highest BCUT2D eigenvalue weighted by Gasteiger charge is 2.16. The van der Waals surface area contributed by atoms with E-state index in [9.17, 15) is 4.79 Å². The van der Waals surface area contributed by atoms with Gasteiger partial charge < -0.3 is 10.6 Å². The van der Waals surface area contributed by atoms with E-state index >= 15 is 0 Å². The summed E-state index contributed by atoms with van der Waals surface area (Å²) in [6.45, 7) is 12.2. The SMILES string of the molecule is C=CCN(CC=C)C(=O)c1cc(N)c(C)cc1C. The highest BCUT2D eigenvalue weighted by atomic mass is 16.2. The van der Waals surface area contributed by atoms with Crippen LogP contribution in [-0.2, 0) is 0 Å². The van der Waals surface area contributed by atoms with Crippen molar-refractivity contribution in [1.82, 2.24) is 4.90 Å². The van der Waals surface area contributed by atoms with Crippen molar-refractivity contribution in [1.29, 1.82) is 0 Å². The minimum atomic E-state index is -0.0426. The molecule has 0 radical (unpaired) electrons. The molecule has 1 aromatic carbocycles. The van der Waals surface area contributed by atoms with Crippen molar-refractivity contribution >= 4 is 11.6 Å². The molecule has 0 saturated carbocycles.